The predicted octanol–water partition coefficient (Wildman–Crippen LogP) is 3.15. The third-order valence-corrected chi connectivity index (χ3v) is 5.51. The summed E-state index contributed by atoms with van der Waals surface area (Å²) in [6, 6.07) is -0.577. The van der Waals surface area contributed by atoms with Crippen molar-refractivity contribution in [2.45, 2.75) is 83.2 Å². The molecule has 2 heterocycles. The number of hydrogen-bond acceptors (Lipinski definition) is 4. The molecule has 0 aromatic carbocycles. The van der Waals surface area contributed by atoms with Gasteiger partial charge in [-0.05, 0) is 25.2 Å². The molecule has 0 radical (unpaired) electrons. The molecule has 1 amide bonds. The molecular formula is C19H28N2O4. The number of nitrogens with zero attached hydrogens (tertiary/aromatic N) is 2. The van der Waals surface area contributed by atoms with E-state index in [4.69, 9.17) is 4.42 Å². The van der Waals surface area contributed by atoms with E-state index in [0.717, 1.165) is 31.4 Å². The Morgan fingerprint density at radius 2 is 2.04 bits per heavy atom. The van der Waals surface area contributed by atoms with Crippen molar-refractivity contribution in [2.75, 3.05) is 0 Å². The van der Waals surface area contributed by atoms with Gasteiger partial charge in [-0.3, -0.25) is 4.79 Å². The van der Waals surface area contributed by atoms with E-state index in [9.17, 15) is 14.7 Å². The normalized spacial score (nSPS) is 26.5. The fourth-order valence-electron chi connectivity index (χ4n) is 4.15. The lowest BCUT2D eigenvalue weighted by Gasteiger charge is -2.33. The number of carboxylic acid groups (broad SMARTS) is 1. The summed E-state index contributed by atoms with van der Waals surface area (Å²) in [6.07, 6.45) is 7.14. The molecule has 1 aliphatic heterocycles. The number of likely N-dealkylation sites (tertiary alicyclic amines) is 1. The van der Waals surface area contributed by atoms with Gasteiger partial charge in [-0.25, -0.2) is 9.78 Å². The maximum absolute atomic E-state index is 12.8. The Bertz CT molecular complexity index is 646. The fraction of sp³-hybridized carbons (Fsp3) is 0.737. The van der Waals surface area contributed by atoms with Crippen LogP contribution in [0.3, 0.4) is 0 Å². The van der Waals surface area contributed by atoms with Crippen LogP contribution in [0.5, 0.6) is 0 Å². The first kappa shape index (κ1) is 18.0. The lowest BCUT2D eigenvalue weighted by atomic mass is 9.84. The van der Waals surface area contributed by atoms with Gasteiger partial charge >= 0.3 is 5.97 Å². The van der Waals surface area contributed by atoms with E-state index in [2.05, 4.69) is 4.98 Å². The monoisotopic (exact) mass is 348 g/mol. The minimum absolute atomic E-state index is 0.0858. The molecule has 1 saturated heterocycles. The summed E-state index contributed by atoms with van der Waals surface area (Å²) in [6.45, 7) is 6.15. The van der Waals surface area contributed by atoms with Gasteiger partial charge in [-0.2, -0.15) is 0 Å². The van der Waals surface area contributed by atoms with E-state index in [1.165, 1.54) is 0 Å². The van der Waals surface area contributed by atoms with Gasteiger partial charge in [0.1, 0.15) is 11.8 Å². The van der Waals surface area contributed by atoms with Crippen LogP contribution in [0.25, 0.3) is 0 Å². The van der Waals surface area contributed by atoms with Crippen molar-refractivity contribution in [3.63, 3.8) is 0 Å². The molecule has 3 rings (SSSR count). The van der Waals surface area contributed by atoms with E-state index < -0.39 is 12.0 Å². The number of hydrogen-bond donors (Lipinski definition) is 1. The number of aliphatic carboxylic acids is 1. The quantitative estimate of drug-likeness (QED) is 0.903. The highest BCUT2D eigenvalue weighted by atomic mass is 16.4. The summed E-state index contributed by atoms with van der Waals surface area (Å²) in [5.74, 6) is 0.718. The molecule has 2 aliphatic rings. The zero-order valence-electron chi connectivity index (χ0n) is 15.3. The first-order chi connectivity index (χ1) is 11.8. The van der Waals surface area contributed by atoms with Gasteiger partial charge in [0, 0.05) is 24.3 Å². The first-order valence-corrected chi connectivity index (χ1v) is 9.26. The SMILES string of the molecule is CC(C)(C)c1cnc(CCC(=O)N2C(C(=O)O)CC3CCCCC32)o1. The van der Waals surface area contributed by atoms with Crippen LogP contribution in [0.1, 0.15) is 70.9 Å². The van der Waals surface area contributed by atoms with Gasteiger partial charge in [-0.1, -0.05) is 33.6 Å². The Labute approximate surface area is 148 Å². The topological polar surface area (TPSA) is 83.6 Å². The average Bonchev–Trinajstić information content (AvgIpc) is 3.16. The highest BCUT2D eigenvalue weighted by molar-refractivity contribution is 5.84. The molecule has 0 spiro atoms. The van der Waals surface area contributed by atoms with Gasteiger partial charge in [0.2, 0.25) is 5.91 Å². The van der Waals surface area contributed by atoms with Gasteiger partial charge in [-0.15, -0.1) is 0 Å². The van der Waals surface area contributed by atoms with Crippen molar-refractivity contribution in [2.24, 2.45) is 5.92 Å². The molecule has 1 N–H and O–H groups in total. The second-order valence-electron chi connectivity index (χ2n) is 8.37. The minimum atomic E-state index is -0.881. The third-order valence-electron chi connectivity index (χ3n) is 5.51. The molecule has 3 unspecified atom stereocenters. The molecule has 6 nitrogen and oxygen atoms in total. The standard InChI is InChI=1S/C19H28N2O4/c1-19(2,3)15-11-20-16(25-15)8-9-17(22)21-13-7-5-4-6-12(13)10-14(21)18(23)24/h11-14H,4-10H2,1-3H3,(H,23,24). The molecule has 1 aromatic heterocycles. The molecule has 138 valence electrons. The second-order valence-corrected chi connectivity index (χ2v) is 8.37. The lowest BCUT2D eigenvalue weighted by Crippen LogP contribution is -2.46. The number of oxazole rings is 1. The largest absolute Gasteiger partial charge is 0.480 e. The summed E-state index contributed by atoms with van der Waals surface area (Å²) in [4.78, 5) is 30.3. The van der Waals surface area contributed by atoms with Crippen molar-refractivity contribution in [1.82, 2.24) is 9.88 Å². The summed E-state index contributed by atoms with van der Waals surface area (Å²) in [5.41, 5.74) is -0.117. The molecule has 1 saturated carbocycles. The van der Waals surface area contributed by atoms with Gasteiger partial charge in [0.05, 0.1) is 6.20 Å². The van der Waals surface area contributed by atoms with E-state index in [0.29, 0.717) is 24.7 Å². The van der Waals surface area contributed by atoms with Crippen LogP contribution in [0.2, 0.25) is 0 Å². The maximum Gasteiger partial charge on any atom is 0.326 e. The highest BCUT2D eigenvalue weighted by Crippen LogP contribution is 2.40. The van der Waals surface area contributed by atoms with Crippen LogP contribution >= 0.6 is 0 Å². The molecule has 1 aliphatic carbocycles. The van der Waals surface area contributed by atoms with Crippen LogP contribution in [0.4, 0.5) is 0 Å². The van der Waals surface area contributed by atoms with Gasteiger partial charge in [0.25, 0.3) is 0 Å². The van der Waals surface area contributed by atoms with Crippen molar-refractivity contribution in [3.8, 4) is 0 Å². The van der Waals surface area contributed by atoms with Crippen molar-refractivity contribution in [3.05, 3.63) is 17.8 Å². The second kappa shape index (κ2) is 6.81. The van der Waals surface area contributed by atoms with Crippen LogP contribution in [0.15, 0.2) is 10.6 Å². The third kappa shape index (κ3) is 3.72. The Kier molecular flexibility index (Phi) is 4.89. The molecule has 0 bridgehead atoms. The summed E-state index contributed by atoms with van der Waals surface area (Å²) >= 11 is 0. The molecular weight excluding hydrogens is 320 g/mol. The lowest BCUT2D eigenvalue weighted by molar-refractivity contribution is -0.149. The molecule has 2 fully saturated rings. The number of aryl methyl sites for hydroxylation is 1. The fourth-order valence-corrected chi connectivity index (χ4v) is 4.15. The average molecular weight is 348 g/mol. The van der Waals surface area contributed by atoms with Crippen molar-refractivity contribution < 1.29 is 19.1 Å². The number of fused-ring (bicyclic) bond motifs is 1. The molecule has 3 atom stereocenters. The Morgan fingerprint density at radius 3 is 2.68 bits per heavy atom. The molecule has 6 heteroatoms. The Hall–Kier alpha value is -1.85. The maximum atomic E-state index is 12.8. The summed E-state index contributed by atoms with van der Waals surface area (Å²) < 4.78 is 5.74. The smallest absolute Gasteiger partial charge is 0.326 e. The number of carboxylic acids is 1. The van der Waals surface area contributed by atoms with Gasteiger partial charge in [0.15, 0.2) is 5.89 Å². The number of aromatic nitrogens is 1. The first-order valence-electron chi connectivity index (χ1n) is 9.26. The Morgan fingerprint density at radius 1 is 1.32 bits per heavy atom. The van der Waals surface area contributed by atoms with Crippen LogP contribution in [-0.2, 0) is 21.4 Å². The summed E-state index contributed by atoms with van der Waals surface area (Å²) in [7, 11) is 0. The van der Waals surface area contributed by atoms with E-state index in [-0.39, 0.29) is 23.8 Å². The van der Waals surface area contributed by atoms with E-state index in [1.54, 1.807) is 11.1 Å². The number of rotatable bonds is 4. The van der Waals surface area contributed by atoms with Crippen molar-refractivity contribution in [1.29, 1.82) is 0 Å². The molecule has 1 aromatic rings. The minimum Gasteiger partial charge on any atom is -0.480 e. The Balaban J connectivity index is 1.66. The predicted molar refractivity (Wildman–Crippen MR) is 92.2 cm³/mol. The highest BCUT2D eigenvalue weighted by Gasteiger charge is 2.47. The van der Waals surface area contributed by atoms with Crippen LogP contribution in [-0.4, -0.2) is 39.0 Å². The van der Waals surface area contributed by atoms with Crippen LogP contribution < -0.4 is 0 Å². The zero-order valence-corrected chi connectivity index (χ0v) is 15.3. The number of carbonyl (C=O) groups excluding carboxylic acids is 1. The summed E-state index contributed by atoms with van der Waals surface area (Å²) in [5, 5.41) is 9.53. The molecule has 25 heavy (non-hydrogen) atoms. The number of amides is 1. The van der Waals surface area contributed by atoms with Crippen LogP contribution in [0, 0.1) is 5.92 Å². The van der Waals surface area contributed by atoms with Crippen molar-refractivity contribution >= 4 is 11.9 Å². The number of carbonyl (C=O) groups is 2. The zero-order chi connectivity index (χ0) is 18.2. The van der Waals surface area contributed by atoms with E-state index >= 15 is 0 Å². The van der Waals surface area contributed by atoms with E-state index in [1.807, 2.05) is 20.8 Å². The van der Waals surface area contributed by atoms with Gasteiger partial charge < -0.3 is 14.4 Å².